The Kier molecular flexibility index (Phi) is 48.2. The first-order chi connectivity index (χ1) is 33.9. The van der Waals surface area contributed by atoms with E-state index in [1.165, 1.54) is 103 Å². The molecule has 0 aromatic carbocycles. The molecule has 0 aliphatic heterocycles. The predicted octanol–water partition coefficient (Wildman–Crippen LogP) is 16.6. The van der Waals surface area contributed by atoms with Crippen LogP contribution in [0, 0.1) is 0 Å². The molecular weight excluding hydrogens is 892 g/mol. The van der Waals surface area contributed by atoms with E-state index in [0.29, 0.717) is 23.9 Å². The summed E-state index contributed by atoms with van der Waals surface area (Å²) in [5, 5.41) is 3.01. The molecule has 0 heterocycles. The van der Waals surface area contributed by atoms with Gasteiger partial charge in [0.25, 0.3) is 7.82 Å². The van der Waals surface area contributed by atoms with Crippen molar-refractivity contribution >= 4 is 19.7 Å². The Morgan fingerprint density at radius 1 is 0.514 bits per heavy atom. The molecule has 0 aromatic rings. The molecule has 70 heavy (non-hydrogen) atoms. The van der Waals surface area contributed by atoms with Crippen LogP contribution in [0.1, 0.15) is 245 Å². The number of quaternary nitrogens is 1. The van der Waals surface area contributed by atoms with Crippen molar-refractivity contribution < 1.29 is 37.3 Å². The number of likely N-dealkylation sites (N-methyl/N-ethyl adjacent to an activating group) is 1. The summed E-state index contributed by atoms with van der Waals surface area (Å²) in [5.41, 5.74) is 0. The van der Waals surface area contributed by atoms with E-state index in [1.807, 2.05) is 33.3 Å². The summed E-state index contributed by atoms with van der Waals surface area (Å²) in [6, 6.07) is -0.903. The fourth-order valence-corrected chi connectivity index (χ4v) is 8.64. The molecular formula is C60H109N2O7P. The number of hydrogen-bond donors (Lipinski definition) is 1. The minimum absolute atomic E-state index is 0.0302. The maximum absolute atomic E-state index is 13.5. The highest BCUT2D eigenvalue weighted by atomic mass is 31.2. The molecule has 9 nitrogen and oxygen atoms in total. The van der Waals surface area contributed by atoms with Crippen molar-refractivity contribution in [2.45, 2.75) is 258 Å². The third-order valence-electron chi connectivity index (χ3n) is 12.4. The van der Waals surface area contributed by atoms with E-state index in [-0.39, 0.29) is 24.9 Å². The number of ether oxygens (including phenoxy) is 1. The standard InChI is InChI=1S/C60H109N2O7P/c1-7-10-13-16-19-22-25-28-30-31-32-34-37-40-43-46-49-52-59(63)61-57(56-68-70(65,66)67-55-54-62(4,5)6)58(51-48-45-42-39-36-33-27-24-21-18-15-12-9-3)69-60(64)53-50-47-44-41-38-35-29-26-23-20-17-14-11-8-2/h11,14,19-20,22-23,28-30,35,48,51,57-58H,7-10,12-13,15-18,21,24-27,31-34,36-47,49-50,52-56H2,1-6H3,(H-,61,63,65,66)/b14-11+,22-19-,23-20+,30-28-,35-29+,51-48+. The number of phosphoric acid groups is 1. The summed E-state index contributed by atoms with van der Waals surface area (Å²) in [6.07, 6.45) is 62.9. The van der Waals surface area contributed by atoms with Gasteiger partial charge in [0.05, 0.1) is 33.8 Å². The van der Waals surface area contributed by atoms with E-state index in [1.54, 1.807) is 0 Å². The first kappa shape index (κ1) is 67.5. The van der Waals surface area contributed by atoms with Crippen molar-refractivity contribution in [3.8, 4) is 0 Å². The Morgan fingerprint density at radius 3 is 1.40 bits per heavy atom. The van der Waals surface area contributed by atoms with Crippen molar-refractivity contribution in [1.82, 2.24) is 5.32 Å². The van der Waals surface area contributed by atoms with Gasteiger partial charge >= 0.3 is 5.97 Å². The number of unbranched alkanes of at least 4 members (excludes halogenated alkanes) is 25. The number of esters is 1. The second-order valence-electron chi connectivity index (χ2n) is 20.4. The molecule has 0 spiro atoms. The third kappa shape index (κ3) is 50.4. The van der Waals surface area contributed by atoms with Gasteiger partial charge in [-0.3, -0.25) is 14.2 Å². The molecule has 0 aromatic heterocycles. The van der Waals surface area contributed by atoms with Gasteiger partial charge in [-0.25, -0.2) is 0 Å². The molecule has 406 valence electrons. The molecule has 10 heteroatoms. The Morgan fingerprint density at radius 2 is 0.914 bits per heavy atom. The van der Waals surface area contributed by atoms with Gasteiger partial charge in [-0.1, -0.05) is 210 Å². The van der Waals surface area contributed by atoms with Crippen LogP contribution in [0.15, 0.2) is 72.9 Å². The molecule has 0 aliphatic rings. The van der Waals surface area contributed by atoms with Gasteiger partial charge in [0, 0.05) is 12.8 Å². The fourth-order valence-electron chi connectivity index (χ4n) is 7.92. The zero-order chi connectivity index (χ0) is 51.5. The SMILES string of the molecule is CC/C=C/C/C=C/C/C=C/CCCCCCC(=O)OC(/C=C/CCCCCCCCCCCCC)C(COP(=O)([O-])OCC[N+](C)(C)C)NC(=O)CCCCCCCCC/C=C\C/C=C\CCCCC. The van der Waals surface area contributed by atoms with Gasteiger partial charge in [-0.05, 0) is 96.0 Å². The van der Waals surface area contributed by atoms with Crippen molar-refractivity contribution in [2.75, 3.05) is 40.9 Å². The molecule has 1 amide bonds. The van der Waals surface area contributed by atoms with Crippen molar-refractivity contribution in [3.63, 3.8) is 0 Å². The number of rotatable bonds is 51. The van der Waals surface area contributed by atoms with Gasteiger partial charge in [-0.2, -0.15) is 0 Å². The number of carbonyl (C=O) groups excluding carboxylic acids is 2. The number of amides is 1. The lowest BCUT2D eigenvalue weighted by atomic mass is 10.0. The molecule has 0 bridgehead atoms. The summed E-state index contributed by atoms with van der Waals surface area (Å²) in [5.74, 6) is -0.577. The second-order valence-corrected chi connectivity index (χ2v) is 21.8. The smallest absolute Gasteiger partial charge is 0.306 e. The van der Waals surface area contributed by atoms with Crippen LogP contribution in [-0.4, -0.2) is 69.4 Å². The lowest BCUT2D eigenvalue weighted by molar-refractivity contribution is -0.870. The lowest BCUT2D eigenvalue weighted by Gasteiger charge is -2.30. The fraction of sp³-hybridized carbons (Fsp3) is 0.767. The number of nitrogens with one attached hydrogen (secondary N) is 1. The maximum Gasteiger partial charge on any atom is 0.306 e. The molecule has 0 rings (SSSR count). The number of hydrogen-bond acceptors (Lipinski definition) is 7. The van der Waals surface area contributed by atoms with Crippen LogP contribution < -0.4 is 10.2 Å². The van der Waals surface area contributed by atoms with Crippen LogP contribution >= 0.6 is 7.82 Å². The molecule has 0 aliphatic carbocycles. The quantitative estimate of drug-likeness (QED) is 0.0212. The van der Waals surface area contributed by atoms with Crippen LogP contribution in [-0.2, 0) is 27.9 Å². The predicted molar refractivity (Wildman–Crippen MR) is 298 cm³/mol. The van der Waals surface area contributed by atoms with Crippen LogP contribution in [0.25, 0.3) is 0 Å². The van der Waals surface area contributed by atoms with E-state index in [4.69, 9.17) is 13.8 Å². The summed E-state index contributed by atoms with van der Waals surface area (Å²) in [4.78, 5) is 39.8. The van der Waals surface area contributed by atoms with E-state index in [2.05, 4.69) is 86.8 Å². The van der Waals surface area contributed by atoms with E-state index in [0.717, 1.165) is 103 Å². The van der Waals surface area contributed by atoms with Gasteiger partial charge < -0.3 is 28.5 Å². The number of phosphoric ester groups is 1. The van der Waals surface area contributed by atoms with Crippen LogP contribution in [0.2, 0.25) is 0 Å². The number of carbonyl (C=O) groups is 2. The second kappa shape index (κ2) is 50.0. The van der Waals surface area contributed by atoms with E-state index in [9.17, 15) is 19.0 Å². The highest BCUT2D eigenvalue weighted by molar-refractivity contribution is 7.45. The molecule has 0 saturated carbocycles. The monoisotopic (exact) mass is 1000 g/mol. The Hall–Kier alpha value is -2.55. The average molecular weight is 1000 g/mol. The Bertz CT molecular complexity index is 1430. The van der Waals surface area contributed by atoms with E-state index < -0.39 is 26.6 Å². The first-order valence-corrected chi connectivity index (χ1v) is 30.2. The highest BCUT2D eigenvalue weighted by Gasteiger charge is 2.27. The van der Waals surface area contributed by atoms with Crippen molar-refractivity contribution in [2.24, 2.45) is 0 Å². The lowest BCUT2D eigenvalue weighted by Crippen LogP contribution is -2.47. The molecule has 0 fully saturated rings. The number of nitrogens with zero attached hydrogens (tertiary/aromatic N) is 1. The van der Waals surface area contributed by atoms with Gasteiger partial charge in [-0.15, -0.1) is 0 Å². The van der Waals surface area contributed by atoms with Crippen LogP contribution in [0.5, 0.6) is 0 Å². The molecule has 1 N–H and O–H groups in total. The minimum atomic E-state index is -4.70. The number of allylic oxidation sites excluding steroid dienone is 11. The molecule has 3 atom stereocenters. The molecule has 0 saturated heterocycles. The van der Waals surface area contributed by atoms with Gasteiger partial charge in [0.2, 0.25) is 5.91 Å². The van der Waals surface area contributed by atoms with Gasteiger partial charge in [0.1, 0.15) is 19.3 Å². The minimum Gasteiger partial charge on any atom is -0.756 e. The normalized spacial score (nSPS) is 14.3. The van der Waals surface area contributed by atoms with Crippen LogP contribution in [0.3, 0.4) is 0 Å². The summed E-state index contributed by atoms with van der Waals surface area (Å²) < 4.78 is 30.2. The Labute approximate surface area is 432 Å². The third-order valence-corrected chi connectivity index (χ3v) is 13.3. The topological polar surface area (TPSA) is 114 Å². The summed E-state index contributed by atoms with van der Waals surface area (Å²) in [6.45, 7) is 6.68. The van der Waals surface area contributed by atoms with Gasteiger partial charge in [0.15, 0.2) is 0 Å². The largest absolute Gasteiger partial charge is 0.756 e. The summed E-state index contributed by atoms with van der Waals surface area (Å²) >= 11 is 0. The average Bonchev–Trinajstić information content (AvgIpc) is 3.32. The maximum atomic E-state index is 13.5. The van der Waals surface area contributed by atoms with E-state index >= 15 is 0 Å². The van der Waals surface area contributed by atoms with Crippen molar-refractivity contribution in [3.05, 3.63) is 72.9 Å². The zero-order valence-corrected chi connectivity index (χ0v) is 47.1. The van der Waals surface area contributed by atoms with Crippen molar-refractivity contribution in [1.29, 1.82) is 0 Å². The first-order valence-electron chi connectivity index (χ1n) is 28.7. The Balaban J connectivity index is 5.41. The molecule has 0 radical (unpaired) electrons. The highest BCUT2D eigenvalue weighted by Crippen LogP contribution is 2.38. The van der Waals surface area contributed by atoms with Crippen LogP contribution in [0.4, 0.5) is 0 Å². The molecule has 3 unspecified atom stereocenters. The zero-order valence-electron chi connectivity index (χ0n) is 46.2. The summed E-state index contributed by atoms with van der Waals surface area (Å²) in [7, 11) is 1.16.